The van der Waals surface area contributed by atoms with Crippen molar-refractivity contribution in [2.24, 2.45) is 5.73 Å². The molecule has 0 aromatic carbocycles. The molecule has 108 valence electrons. The molecular formula is C16H34N2. The van der Waals surface area contributed by atoms with E-state index in [1.54, 1.807) is 0 Å². The van der Waals surface area contributed by atoms with Crippen LogP contribution < -0.4 is 11.1 Å². The second kappa shape index (κ2) is 8.92. The van der Waals surface area contributed by atoms with Gasteiger partial charge in [0.05, 0.1) is 0 Å². The average molecular weight is 254 g/mol. The lowest BCUT2D eigenvalue weighted by Gasteiger charge is -2.34. The topological polar surface area (TPSA) is 38.0 Å². The summed E-state index contributed by atoms with van der Waals surface area (Å²) in [5, 5.41) is 3.87. The van der Waals surface area contributed by atoms with Gasteiger partial charge in [-0.3, -0.25) is 0 Å². The first kappa shape index (κ1) is 16.0. The van der Waals surface area contributed by atoms with Gasteiger partial charge in [0, 0.05) is 18.1 Å². The first-order valence-electron chi connectivity index (χ1n) is 8.18. The molecule has 1 fully saturated rings. The molecule has 0 aromatic heterocycles. The third-order valence-electron chi connectivity index (χ3n) is 4.44. The fourth-order valence-corrected chi connectivity index (χ4v) is 3.09. The standard InChI is InChI=1S/C16H34N2/c1-3-4-5-10-13-16(2,14-17)18-15-11-8-6-7-9-12-15/h15,18H,3-14,17H2,1-2H3. The molecule has 0 amide bonds. The summed E-state index contributed by atoms with van der Waals surface area (Å²) < 4.78 is 0. The minimum absolute atomic E-state index is 0.169. The third-order valence-corrected chi connectivity index (χ3v) is 4.44. The molecule has 1 rings (SSSR count). The van der Waals surface area contributed by atoms with Crippen molar-refractivity contribution >= 4 is 0 Å². The van der Waals surface area contributed by atoms with Gasteiger partial charge in [-0.2, -0.15) is 0 Å². The summed E-state index contributed by atoms with van der Waals surface area (Å²) in [6.45, 7) is 5.37. The highest BCUT2D eigenvalue weighted by molar-refractivity contribution is 4.88. The van der Waals surface area contributed by atoms with E-state index in [0.29, 0.717) is 6.04 Å². The van der Waals surface area contributed by atoms with E-state index in [1.807, 2.05) is 0 Å². The van der Waals surface area contributed by atoms with Crippen LogP contribution in [-0.2, 0) is 0 Å². The molecule has 1 aliphatic rings. The van der Waals surface area contributed by atoms with Gasteiger partial charge in [-0.05, 0) is 26.2 Å². The van der Waals surface area contributed by atoms with Crippen LogP contribution in [0.2, 0.25) is 0 Å². The number of nitrogens with one attached hydrogen (secondary N) is 1. The van der Waals surface area contributed by atoms with E-state index < -0.39 is 0 Å². The molecule has 0 aliphatic heterocycles. The lowest BCUT2D eigenvalue weighted by molar-refractivity contribution is 0.273. The van der Waals surface area contributed by atoms with Gasteiger partial charge in [0.1, 0.15) is 0 Å². The van der Waals surface area contributed by atoms with E-state index in [2.05, 4.69) is 19.2 Å². The maximum Gasteiger partial charge on any atom is 0.0278 e. The molecule has 0 radical (unpaired) electrons. The molecule has 3 N–H and O–H groups in total. The summed E-state index contributed by atoms with van der Waals surface area (Å²) in [6.07, 6.45) is 14.9. The van der Waals surface area contributed by atoms with Gasteiger partial charge in [0.2, 0.25) is 0 Å². The summed E-state index contributed by atoms with van der Waals surface area (Å²) in [5.74, 6) is 0. The van der Waals surface area contributed by atoms with E-state index in [9.17, 15) is 0 Å². The molecular weight excluding hydrogens is 220 g/mol. The summed E-state index contributed by atoms with van der Waals surface area (Å²) in [6, 6.07) is 0.715. The van der Waals surface area contributed by atoms with Crippen molar-refractivity contribution in [3.05, 3.63) is 0 Å². The Morgan fingerprint density at radius 1 is 1.06 bits per heavy atom. The van der Waals surface area contributed by atoms with E-state index >= 15 is 0 Å². The Labute approximate surface area is 114 Å². The highest BCUT2D eigenvalue weighted by Gasteiger charge is 2.25. The van der Waals surface area contributed by atoms with Crippen LogP contribution in [0.3, 0.4) is 0 Å². The summed E-state index contributed by atoms with van der Waals surface area (Å²) in [7, 11) is 0. The molecule has 0 bridgehead atoms. The average Bonchev–Trinajstić information content (AvgIpc) is 2.63. The number of rotatable bonds is 8. The van der Waals surface area contributed by atoms with Gasteiger partial charge in [-0.1, -0.05) is 58.3 Å². The summed E-state index contributed by atoms with van der Waals surface area (Å²) in [4.78, 5) is 0. The van der Waals surface area contributed by atoms with E-state index in [0.717, 1.165) is 6.54 Å². The lowest BCUT2D eigenvalue weighted by Crippen LogP contribution is -2.52. The van der Waals surface area contributed by atoms with Crippen LogP contribution in [0.25, 0.3) is 0 Å². The highest BCUT2D eigenvalue weighted by atomic mass is 15.0. The molecule has 2 heteroatoms. The molecule has 1 aliphatic carbocycles. The van der Waals surface area contributed by atoms with Gasteiger partial charge < -0.3 is 11.1 Å². The molecule has 1 atom stereocenters. The number of hydrogen-bond acceptors (Lipinski definition) is 2. The van der Waals surface area contributed by atoms with Gasteiger partial charge in [-0.15, -0.1) is 0 Å². The second-order valence-electron chi connectivity index (χ2n) is 6.41. The smallest absolute Gasteiger partial charge is 0.0278 e. The number of nitrogens with two attached hydrogens (primary N) is 1. The molecule has 1 unspecified atom stereocenters. The van der Waals surface area contributed by atoms with Crippen LogP contribution in [-0.4, -0.2) is 18.1 Å². The van der Waals surface area contributed by atoms with Gasteiger partial charge in [-0.25, -0.2) is 0 Å². The zero-order valence-corrected chi connectivity index (χ0v) is 12.6. The first-order valence-corrected chi connectivity index (χ1v) is 8.18. The van der Waals surface area contributed by atoms with Crippen molar-refractivity contribution in [1.82, 2.24) is 5.32 Å². The molecule has 1 saturated carbocycles. The van der Waals surface area contributed by atoms with Crippen LogP contribution >= 0.6 is 0 Å². The number of unbranched alkanes of at least 4 members (excludes halogenated alkanes) is 3. The zero-order valence-electron chi connectivity index (χ0n) is 12.6. The van der Waals surface area contributed by atoms with E-state index in [4.69, 9.17) is 5.73 Å². The Balaban J connectivity index is 2.32. The van der Waals surface area contributed by atoms with Crippen molar-refractivity contribution in [3.63, 3.8) is 0 Å². The zero-order chi connectivity index (χ0) is 13.3. The van der Waals surface area contributed by atoms with Gasteiger partial charge in [0.25, 0.3) is 0 Å². The largest absolute Gasteiger partial charge is 0.329 e. The van der Waals surface area contributed by atoms with Crippen LogP contribution in [0.5, 0.6) is 0 Å². The van der Waals surface area contributed by atoms with Crippen molar-refractivity contribution in [3.8, 4) is 0 Å². The SMILES string of the molecule is CCCCCCC(C)(CN)NC1CCCCCC1. The predicted molar refractivity (Wildman–Crippen MR) is 80.8 cm³/mol. The maximum atomic E-state index is 6.02. The predicted octanol–water partition coefficient (Wildman–Crippen LogP) is 3.99. The Bertz CT molecular complexity index is 197. The minimum Gasteiger partial charge on any atom is -0.329 e. The third kappa shape index (κ3) is 6.19. The molecule has 0 spiro atoms. The lowest BCUT2D eigenvalue weighted by atomic mass is 9.92. The summed E-state index contributed by atoms with van der Waals surface area (Å²) >= 11 is 0. The minimum atomic E-state index is 0.169. The van der Waals surface area contributed by atoms with E-state index in [-0.39, 0.29) is 5.54 Å². The molecule has 2 nitrogen and oxygen atoms in total. The highest BCUT2D eigenvalue weighted by Crippen LogP contribution is 2.22. The van der Waals surface area contributed by atoms with Gasteiger partial charge >= 0.3 is 0 Å². The summed E-state index contributed by atoms with van der Waals surface area (Å²) in [5.41, 5.74) is 6.18. The van der Waals surface area contributed by atoms with Crippen LogP contribution in [0.1, 0.15) is 84.5 Å². The Kier molecular flexibility index (Phi) is 7.92. The Hall–Kier alpha value is -0.0800. The fraction of sp³-hybridized carbons (Fsp3) is 1.00. The van der Waals surface area contributed by atoms with Crippen molar-refractivity contribution in [2.75, 3.05) is 6.54 Å². The Morgan fingerprint density at radius 3 is 2.28 bits per heavy atom. The van der Waals surface area contributed by atoms with Crippen molar-refractivity contribution in [2.45, 2.75) is 96.1 Å². The van der Waals surface area contributed by atoms with Crippen LogP contribution in [0.15, 0.2) is 0 Å². The van der Waals surface area contributed by atoms with Crippen LogP contribution in [0.4, 0.5) is 0 Å². The normalized spacial score (nSPS) is 21.5. The van der Waals surface area contributed by atoms with Gasteiger partial charge in [0.15, 0.2) is 0 Å². The monoisotopic (exact) mass is 254 g/mol. The maximum absolute atomic E-state index is 6.02. The van der Waals surface area contributed by atoms with Crippen molar-refractivity contribution < 1.29 is 0 Å². The number of hydrogen-bond donors (Lipinski definition) is 2. The fourth-order valence-electron chi connectivity index (χ4n) is 3.09. The molecule has 0 aromatic rings. The quantitative estimate of drug-likeness (QED) is 0.508. The van der Waals surface area contributed by atoms with E-state index in [1.165, 1.54) is 70.6 Å². The van der Waals surface area contributed by atoms with Crippen molar-refractivity contribution in [1.29, 1.82) is 0 Å². The Morgan fingerprint density at radius 2 is 1.72 bits per heavy atom. The first-order chi connectivity index (χ1) is 8.70. The molecule has 0 saturated heterocycles. The van der Waals surface area contributed by atoms with Crippen LogP contribution in [0, 0.1) is 0 Å². The second-order valence-corrected chi connectivity index (χ2v) is 6.41. The molecule has 18 heavy (non-hydrogen) atoms. The molecule has 0 heterocycles.